The third-order valence-electron chi connectivity index (χ3n) is 3.75. The van der Waals surface area contributed by atoms with Gasteiger partial charge < -0.3 is 10.8 Å². The Balaban J connectivity index is 2.18. The van der Waals surface area contributed by atoms with Crippen molar-refractivity contribution < 1.29 is 5.11 Å². The molecular weight excluding hydrogens is 214 g/mol. The second-order valence-electron chi connectivity index (χ2n) is 5.07. The summed E-state index contributed by atoms with van der Waals surface area (Å²) in [5, 5.41) is 15.1. The first-order chi connectivity index (χ1) is 8.12. The molecule has 1 aliphatic rings. The number of aliphatic hydroxyl groups is 1. The molecule has 1 aromatic heterocycles. The van der Waals surface area contributed by atoms with Crippen molar-refractivity contribution in [2.75, 3.05) is 6.54 Å². The summed E-state index contributed by atoms with van der Waals surface area (Å²) in [7, 11) is 0. The molecule has 1 aromatic rings. The zero-order valence-corrected chi connectivity index (χ0v) is 10.8. The van der Waals surface area contributed by atoms with E-state index in [1.54, 1.807) is 0 Å². The summed E-state index contributed by atoms with van der Waals surface area (Å²) in [6, 6.07) is 2.13. The van der Waals surface area contributed by atoms with Crippen LogP contribution in [-0.4, -0.2) is 27.0 Å². The van der Waals surface area contributed by atoms with Crippen LogP contribution in [0.25, 0.3) is 0 Å². The van der Waals surface area contributed by atoms with Crippen molar-refractivity contribution in [3.8, 4) is 0 Å². The zero-order chi connectivity index (χ0) is 12.5. The van der Waals surface area contributed by atoms with Gasteiger partial charge in [-0.15, -0.1) is 0 Å². The molecular formula is C13H23N3O. The predicted molar refractivity (Wildman–Crippen MR) is 67.7 cm³/mol. The lowest BCUT2D eigenvalue weighted by Crippen LogP contribution is -2.44. The Kier molecular flexibility index (Phi) is 3.54. The molecule has 0 bridgehead atoms. The van der Waals surface area contributed by atoms with Gasteiger partial charge >= 0.3 is 0 Å². The highest BCUT2D eigenvalue weighted by molar-refractivity contribution is 5.11. The number of nitrogens with two attached hydrogens (primary N) is 1. The van der Waals surface area contributed by atoms with Gasteiger partial charge in [-0.25, -0.2) is 0 Å². The van der Waals surface area contributed by atoms with E-state index < -0.39 is 5.60 Å². The summed E-state index contributed by atoms with van der Waals surface area (Å²) >= 11 is 0. The molecule has 4 nitrogen and oxygen atoms in total. The molecule has 17 heavy (non-hydrogen) atoms. The Hall–Kier alpha value is -0.870. The van der Waals surface area contributed by atoms with E-state index in [-0.39, 0.29) is 0 Å². The highest BCUT2D eigenvalue weighted by Crippen LogP contribution is 2.40. The lowest BCUT2D eigenvalue weighted by Gasteiger charge is -2.27. The first kappa shape index (κ1) is 12.6. The molecule has 4 heteroatoms. The molecule has 1 heterocycles. The van der Waals surface area contributed by atoms with Crippen LogP contribution in [0.15, 0.2) is 6.07 Å². The number of hydrogen-bond acceptors (Lipinski definition) is 3. The van der Waals surface area contributed by atoms with E-state index in [1.807, 2.05) is 4.68 Å². The van der Waals surface area contributed by atoms with E-state index in [2.05, 4.69) is 25.0 Å². The normalized spacial score (nSPS) is 19.3. The van der Waals surface area contributed by atoms with Crippen molar-refractivity contribution >= 4 is 0 Å². The molecule has 0 amide bonds. The van der Waals surface area contributed by atoms with E-state index in [0.717, 1.165) is 31.4 Å². The van der Waals surface area contributed by atoms with Gasteiger partial charge in [-0.2, -0.15) is 5.10 Å². The van der Waals surface area contributed by atoms with Crippen LogP contribution >= 0.6 is 0 Å². The van der Waals surface area contributed by atoms with Crippen LogP contribution in [0.5, 0.6) is 0 Å². The maximum atomic E-state index is 10.5. The Bertz CT molecular complexity index is 384. The third kappa shape index (κ3) is 2.53. The number of aromatic nitrogens is 2. The minimum absolute atomic E-state index is 0.322. The Morgan fingerprint density at radius 2 is 2.18 bits per heavy atom. The van der Waals surface area contributed by atoms with E-state index in [9.17, 15) is 5.11 Å². The van der Waals surface area contributed by atoms with Crippen LogP contribution in [0.1, 0.15) is 38.1 Å². The molecule has 0 saturated heterocycles. The summed E-state index contributed by atoms with van der Waals surface area (Å²) < 4.78 is 1.95. The van der Waals surface area contributed by atoms with Crippen LogP contribution in [0, 0.1) is 5.92 Å². The molecule has 1 fully saturated rings. The molecule has 1 aliphatic carbocycles. The Morgan fingerprint density at radius 3 is 2.65 bits per heavy atom. The van der Waals surface area contributed by atoms with E-state index in [1.165, 1.54) is 5.69 Å². The fourth-order valence-corrected chi connectivity index (χ4v) is 2.35. The average Bonchev–Trinajstić information content (AvgIpc) is 3.12. The zero-order valence-electron chi connectivity index (χ0n) is 10.8. The number of nitrogens with zero attached hydrogens (tertiary/aromatic N) is 2. The smallest absolute Gasteiger partial charge is 0.0992 e. The van der Waals surface area contributed by atoms with Gasteiger partial charge in [0, 0.05) is 12.2 Å². The number of rotatable bonds is 6. The largest absolute Gasteiger partial charge is 0.386 e. The predicted octanol–water partition coefficient (Wildman–Crippen LogP) is 1.11. The summed E-state index contributed by atoms with van der Waals surface area (Å²) in [5.74, 6) is 0.367. The SMILES string of the molecule is CCc1cc(CC)n(CC(O)(CN)C2CC2)n1. The summed E-state index contributed by atoms with van der Waals surface area (Å²) in [5.41, 5.74) is 7.26. The van der Waals surface area contributed by atoms with Gasteiger partial charge in [0.05, 0.1) is 17.8 Å². The van der Waals surface area contributed by atoms with Crippen molar-refractivity contribution in [2.45, 2.75) is 51.7 Å². The highest BCUT2D eigenvalue weighted by atomic mass is 16.3. The quantitative estimate of drug-likeness (QED) is 0.779. The fourth-order valence-electron chi connectivity index (χ4n) is 2.35. The molecule has 0 aromatic carbocycles. The molecule has 1 unspecified atom stereocenters. The summed E-state index contributed by atoms with van der Waals surface area (Å²) in [6.07, 6.45) is 4.07. The lowest BCUT2D eigenvalue weighted by atomic mass is 9.98. The van der Waals surface area contributed by atoms with Crippen LogP contribution < -0.4 is 5.73 Å². The van der Waals surface area contributed by atoms with Gasteiger partial charge in [0.1, 0.15) is 0 Å². The van der Waals surface area contributed by atoms with Crippen LogP contribution in [0.2, 0.25) is 0 Å². The van der Waals surface area contributed by atoms with Crippen molar-refractivity contribution in [3.63, 3.8) is 0 Å². The number of hydrogen-bond donors (Lipinski definition) is 2. The Morgan fingerprint density at radius 1 is 1.47 bits per heavy atom. The first-order valence-electron chi connectivity index (χ1n) is 6.61. The average molecular weight is 237 g/mol. The molecule has 0 radical (unpaired) electrons. The second-order valence-corrected chi connectivity index (χ2v) is 5.07. The topological polar surface area (TPSA) is 64.1 Å². The minimum Gasteiger partial charge on any atom is -0.386 e. The summed E-state index contributed by atoms with van der Waals surface area (Å²) in [6.45, 7) is 5.08. The second kappa shape index (κ2) is 4.78. The number of aryl methyl sites for hydroxylation is 2. The molecule has 3 N–H and O–H groups in total. The third-order valence-corrected chi connectivity index (χ3v) is 3.75. The van der Waals surface area contributed by atoms with Gasteiger partial charge in [0.2, 0.25) is 0 Å². The standard InChI is InChI=1S/C13H23N3O/c1-3-11-7-12(4-2)16(15-11)9-13(17,8-14)10-5-6-10/h7,10,17H,3-6,8-9,14H2,1-2H3. The van der Waals surface area contributed by atoms with Crippen molar-refractivity contribution in [1.29, 1.82) is 0 Å². The molecule has 96 valence electrons. The maximum absolute atomic E-state index is 10.5. The van der Waals surface area contributed by atoms with Crippen LogP contribution in [0.4, 0.5) is 0 Å². The Labute approximate surface area is 103 Å². The molecule has 2 rings (SSSR count). The maximum Gasteiger partial charge on any atom is 0.0992 e. The van der Waals surface area contributed by atoms with Gasteiger partial charge in [0.25, 0.3) is 0 Å². The molecule has 1 atom stereocenters. The monoisotopic (exact) mass is 237 g/mol. The van der Waals surface area contributed by atoms with Gasteiger partial charge in [0.15, 0.2) is 0 Å². The van der Waals surface area contributed by atoms with Crippen molar-refractivity contribution in [2.24, 2.45) is 11.7 Å². The fraction of sp³-hybridized carbons (Fsp3) is 0.769. The van der Waals surface area contributed by atoms with Crippen LogP contribution in [0.3, 0.4) is 0 Å². The van der Waals surface area contributed by atoms with Gasteiger partial charge in [-0.1, -0.05) is 13.8 Å². The minimum atomic E-state index is -0.763. The van der Waals surface area contributed by atoms with E-state index in [4.69, 9.17) is 5.73 Å². The molecule has 1 saturated carbocycles. The highest BCUT2D eigenvalue weighted by Gasteiger charge is 2.43. The van der Waals surface area contributed by atoms with Crippen molar-refractivity contribution in [3.05, 3.63) is 17.5 Å². The van der Waals surface area contributed by atoms with Crippen LogP contribution in [-0.2, 0) is 19.4 Å². The van der Waals surface area contributed by atoms with Gasteiger partial charge in [-0.05, 0) is 37.7 Å². The first-order valence-corrected chi connectivity index (χ1v) is 6.61. The lowest BCUT2D eigenvalue weighted by molar-refractivity contribution is 0.00548. The van der Waals surface area contributed by atoms with E-state index >= 15 is 0 Å². The molecule has 0 aliphatic heterocycles. The summed E-state index contributed by atoms with van der Waals surface area (Å²) in [4.78, 5) is 0. The van der Waals surface area contributed by atoms with Crippen molar-refractivity contribution in [1.82, 2.24) is 9.78 Å². The molecule has 0 spiro atoms. The van der Waals surface area contributed by atoms with Gasteiger partial charge in [-0.3, -0.25) is 4.68 Å². The van der Waals surface area contributed by atoms with E-state index in [0.29, 0.717) is 19.0 Å².